The summed E-state index contributed by atoms with van der Waals surface area (Å²) in [5.41, 5.74) is 0.465. The van der Waals surface area contributed by atoms with Gasteiger partial charge in [0.15, 0.2) is 6.10 Å². The van der Waals surface area contributed by atoms with Gasteiger partial charge in [-0.05, 0) is 25.1 Å². The van der Waals surface area contributed by atoms with Crippen molar-refractivity contribution in [3.63, 3.8) is 0 Å². The summed E-state index contributed by atoms with van der Waals surface area (Å²) >= 11 is 5.82. The van der Waals surface area contributed by atoms with Gasteiger partial charge in [0.2, 0.25) is 0 Å². The van der Waals surface area contributed by atoms with Crippen LogP contribution in [0.2, 0.25) is 5.02 Å². The summed E-state index contributed by atoms with van der Waals surface area (Å²) in [6, 6.07) is 8.55. The minimum Gasteiger partial charge on any atom is -0.474 e. The Bertz CT molecular complexity index is 417. The zero-order chi connectivity index (χ0) is 10.6. The Morgan fingerprint density at radius 3 is 2.64 bits per heavy atom. The van der Waals surface area contributed by atoms with Crippen LogP contribution in [0.5, 0.6) is 5.75 Å². The van der Waals surface area contributed by atoms with Gasteiger partial charge in [0, 0.05) is 0 Å². The molecule has 1 aromatic rings. The molecule has 0 fully saturated rings. The third-order valence-electron chi connectivity index (χ3n) is 1.55. The quantitative estimate of drug-likeness (QED) is 0.747. The van der Waals surface area contributed by atoms with Crippen molar-refractivity contribution in [1.29, 1.82) is 10.5 Å². The lowest BCUT2D eigenvalue weighted by molar-refractivity contribution is 0.276. The van der Waals surface area contributed by atoms with Crippen LogP contribution < -0.4 is 4.74 Å². The molecule has 0 aliphatic heterocycles. The van der Waals surface area contributed by atoms with E-state index in [4.69, 9.17) is 26.9 Å². The Balaban J connectivity index is 2.92. The topological polar surface area (TPSA) is 56.8 Å². The summed E-state index contributed by atoms with van der Waals surface area (Å²) in [5.74, 6) is 0.416. The van der Waals surface area contributed by atoms with Crippen LogP contribution in [0.1, 0.15) is 12.5 Å². The maximum absolute atomic E-state index is 8.58. The first kappa shape index (κ1) is 10.4. The van der Waals surface area contributed by atoms with Gasteiger partial charge < -0.3 is 4.74 Å². The molecule has 0 aliphatic carbocycles. The van der Waals surface area contributed by atoms with E-state index in [9.17, 15) is 0 Å². The third kappa shape index (κ3) is 2.39. The maximum atomic E-state index is 8.58. The molecule has 14 heavy (non-hydrogen) atoms. The Hall–Kier alpha value is -1.71. The number of hydrogen-bond acceptors (Lipinski definition) is 3. The molecule has 1 aromatic carbocycles. The van der Waals surface area contributed by atoms with E-state index in [1.807, 2.05) is 12.1 Å². The van der Waals surface area contributed by atoms with Crippen molar-refractivity contribution in [3.8, 4) is 17.9 Å². The fourth-order valence-corrected chi connectivity index (χ4v) is 1.11. The van der Waals surface area contributed by atoms with Crippen LogP contribution >= 0.6 is 11.6 Å². The molecule has 3 nitrogen and oxygen atoms in total. The van der Waals surface area contributed by atoms with E-state index < -0.39 is 6.10 Å². The summed E-state index contributed by atoms with van der Waals surface area (Å²) in [6.07, 6.45) is -0.555. The molecular weight excluding hydrogens is 200 g/mol. The smallest absolute Gasteiger partial charge is 0.181 e. The molecule has 0 saturated carbocycles. The summed E-state index contributed by atoms with van der Waals surface area (Å²) in [7, 11) is 0. The lowest BCUT2D eigenvalue weighted by Crippen LogP contribution is -2.08. The first-order valence-electron chi connectivity index (χ1n) is 3.93. The predicted octanol–water partition coefficient (Wildman–Crippen LogP) is 2.50. The molecule has 1 atom stereocenters. The molecular formula is C10H7ClN2O. The summed E-state index contributed by atoms with van der Waals surface area (Å²) in [5, 5.41) is 17.4. The Morgan fingerprint density at radius 1 is 1.43 bits per heavy atom. The van der Waals surface area contributed by atoms with Gasteiger partial charge in [-0.1, -0.05) is 11.6 Å². The molecule has 0 saturated heterocycles. The molecule has 1 unspecified atom stereocenters. The fraction of sp³-hybridized carbons (Fsp3) is 0.200. The summed E-state index contributed by atoms with van der Waals surface area (Å²) in [4.78, 5) is 0. The van der Waals surface area contributed by atoms with Crippen molar-refractivity contribution in [2.24, 2.45) is 0 Å². The average molecular weight is 207 g/mol. The Morgan fingerprint density at radius 2 is 2.14 bits per heavy atom. The van der Waals surface area contributed by atoms with Gasteiger partial charge in [0.25, 0.3) is 0 Å². The maximum Gasteiger partial charge on any atom is 0.181 e. The minimum atomic E-state index is -0.555. The molecule has 1 rings (SSSR count). The van der Waals surface area contributed by atoms with E-state index >= 15 is 0 Å². The predicted molar refractivity (Wildman–Crippen MR) is 51.9 cm³/mol. The first-order valence-corrected chi connectivity index (χ1v) is 4.31. The molecule has 70 valence electrons. The fourth-order valence-electron chi connectivity index (χ4n) is 0.883. The van der Waals surface area contributed by atoms with Gasteiger partial charge in [0.1, 0.15) is 11.8 Å². The van der Waals surface area contributed by atoms with Crippen molar-refractivity contribution in [2.45, 2.75) is 13.0 Å². The zero-order valence-electron chi connectivity index (χ0n) is 7.49. The van der Waals surface area contributed by atoms with Crippen LogP contribution in [0.3, 0.4) is 0 Å². The van der Waals surface area contributed by atoms with Gasteiger partial charge in [-0.15, -0.1) is 0 Å². The van der Waals surface area contributed by atoms with Crippen molar-refractivity contribution < 1.29 is 4.74 Å². The standard InChI is InChI=1S/C10H7ClN2O/c1-7(5-12)14-10-3-2-8(6-13)4-9(10)11/h2-4,7H,1H3. The Kier molecular flexibility index (Phi) is 3.34. The number of nitrogens with zero attached hydrogens (tertiary/aromatic N) is 2. The van der Waals surface area contributed by atoms with Crippen LogP contribution in [0, 0.1) is 22.7 Å². The lowest BCUT2D eigenvalue weighted by Gasteiger charge is -2.08. The van der Waals surface area contributed by atoms with E-state index in [0.717, 1.165) is 0 Å². The van der Waals surface area contributed by atoms with E-state index in [1.165, 1.54) is 6.07 Å². The number of rotatable bonds is 2. The second-order valence-corrected chi connectivity index (χ2v) is 3.05. The van der Waals surface area contributed by atoms with Gasteiger partial charge in [0.05, 0.1) is 16.7 Å². The van der Waals surface area contributed by atoms with E-state index in [0.29, 0.717) is 16.3 Å². The number of ether oxygens (including phenoxy) is 1. The van der Waals surface area contributed by atoms with Gasteiger partial charge >= 0.3 is 0 Å². The highest BCUT2D eigenvalue weighted by Gasteiger charge is 2.06. The van der Waals surface area contributed by atoms with Crippen molar-refractivity contribution in [2.75, 3.05) is 0 Å². The Labute approximate surface area is 87.1 Å². The highest BCUT2D eigenvalue weighted by molar-refractivity contribution is 6.32. The molecule has 0 aliphatic rings. The molecule has 0 spiro atoms. The minimum absolute atomic E-state index is 0.339. The van der Waals surface area contributed by atoms with Gasteiger partial charge in [-0.2, -0.15) is 10.5 Å². The van der Waals surface area contributed by atoms with E-state index in [1.54, 1.807) is 19.1 Å². The largest absolute Gasteiger partial charge is 0.474 e. The van der Waals surface area contributed by atoms with Crippen LogP contribution in [-0.4, -0.2) is 6.10 Å². The molecule has 0 radical (unpaired) electrons. The normalized spacial score (nSPS) is 11.1. The second kappa shape index (κ2) is 4.50. The number of nitriles is 2. The molecule has 0 aromatic heterocycles. The van der Waals surface area contributed by atoms with Crippen LogP contribution in [-0.2, 0) is 0 Å². The van der Waals surface area contributed by atoms with Crippen molar-refractivity contribution >= 4 is 11.6 Å². The van der Waals surface area contributed by atoms with E-state index in [-0.39, 0.29) is 0 Å². The highest BCUT2D eigenvalue weighted by atomic mass is 35.5. The molecule has 0 N–H and O–H groups in total. The third-order valence-corrected chi connectivity index (χ3v) is 1.84. The molecule has 0 bridgehead atoms. The number of hydrogen-bond donors (Lipinski definition) is 0. The average Bonchev–Trinajstić information content (AvgIpc) is 2.20. The first-order chi connectivity index (χ1) is 6.67. The number of halogens is 1. The highest BCUT2D eigenvalue weighted by Crippen LogP contribution is 2.25. The van der Waals surface area contributed by atoms with Crippen LogP contribution in [0.25, 0.3) is 0 Å². The monoisotopic (exact) mass is 206 g/mol. The van der Waals surface area contributed by atoms with Crippen LogP contribution in [0.15, 0.2) is 18.2 Å². The van der Waals surface area contributed by atoms with Crippen molar-refractivity contribution in [3.05, 3.63) is 28.8 Å². The summed E-state index contributed by atoms with van der Waals surface area (Å²) < 4.78 is 5.19. The zero-order valence-corrected chi connectivity index (χ0v) is 8.25. The van der Waals surface area contributed by atoms with Gasteiger partial charge in [-0.25, -0.2) is 0 Å². The van der Waals surface area contributed by atoms with Gasteiger partial charge in [-0.3, -0.25) is 0 Å². The van der Waals surface area contributed by atoms with Crippen LogP contribution in [0.4, 0.5) is 0 Å². The second-order valence-electron chi connectivity index (χ2n) is 2.65. The molecule has 0 heterocycles. The number of benzene rings is 1. The van der Waals surface area contributed by atoms with Crippen molar-refractivity contribution in [1.82, 2.24) is 0 Å². The SMILES string of the molecule is CC(C#N)Oc1ccc(C#N)cc1Cl. The lowest BCUT2D eigenvalue weighted by atomic mass is 10.2. The van der Waals surface area contributed by atoms with E-state index in [2.05, 4.69) is 0 Å². The molecule has 0 amide bonds. The summed E-state index contributed by atoms with van der Waals surface area (Å²) in [6.45, 7) is 1.62. The molecule has 4 heteroatoms.